The van der Waals surface area contributed by atoms with Crippen molar-refractivity contribution in [2.75, 3.05) is 5.73 Å². The van der Waals surface area contributed by atoms with Crippen LogP contribution in [0.15, 0.2) is 55.0 Å². The van der Waals surface area contributed by atoms with Gasteiger partial charge in [0.1, 0.15) is 11.8 Å². The second-order valence-electron chi connectivity index (χ2n) is 5.41. The van der Waals surface area contributed by atoms with E-state index in [9.17, 15) is 0 Å². The molecule has 0 aliphatic carbocycles. The van der Waals surface area contributed by atoms with Crippen LogP contribution in [0.1, 0.15) is 12.5 Å². The molecule has 4 heteroatoms. The maximum atomic E-state index is 5.92. The normalized spacial score (nSPS) is 11.3. The Morgan fingerprint density at radius 2 is 1.95 bits per heavy atom. The van der Waals surface area contributed by atoms with E-state index in [1.54, 1.807) is 0 Å². The Labute approximate surface area is 128 Å². The molecular weight excluding hydrogens is 272 g/mol. The van der Waals surface area contributed by atoms with E-state index < -0.39 is 0 Å². The van der Waals surface area contributed by atoms with Crippen molar-refractivity contribution in [1.29, 1.82) is 0 Å². The predicted molar refractivity (Wildman–Crippen MR) is 90.2 cm³/mol. The molecule has 0 fully saturated rings. The minimum absolute atomic E-state index is 0.743. The molecule has 2 N–H and O–H groups in total. The van der Waals surface area contributed by atoms with E-state index in [2.05, 4.69) is 39.7 Å². The lowest BCUT2D eigenvalue weighted by Crippen LogP contribution is -1.95. The molecule has 0 aliphatic heterocycles. The van der Waals surface area contributed by atoms with Crippen LogP contribution in [0.4, 0.5) is 5.69 Å². The molecule has 0 bridgehead atoms. The molecule has 2 heterocycles. The first-order valence-corrected chi connectivity index (χ1v) is 7.37. The number of pyridine rings is 1. The Kier molecular flexibility index (Phi) is 2.82. The van der Waals surface area contributed by atoms with Crippen LogP contribution in [0.25, 0.3) is 27.6 Å². The SMILES string of the molecule is CCc1ccc2ncc3ncn(-c4cccc(N)c4)c3c2c1. The van der Waals surface area contributed by atoms with Gasteiger partial charge in [0, 0.05) is 16.8 Å². The van der Waals surface area contributed by atoms with Gasteiger partial charge in [-0.05, 0) is 42.3 Å². The summed E-state index contributed by atoms with van der Waals surface area (Å²) in [5.74, 6) is 0. The van der Waals surface area contributed by atoms with Crippen molar-refractivity contribution in [3.05, 3.63) is 60.6 Å². The smallest absolute Gasteiger partial charge is 0.108 e. The summed E-state index contributed by atoms with van der Waals surface area (Å²) >= 11 is 0. The van der Waals surface area contributed by atoms with Gasteiger partial charge in [-0.15, -0.1) is 0 Å². The number of benzene rings is 2. The highest BCUT2D eigenvalue weighted by molar-refractivity contribution is 6.03. The molecule has 0 saturated heterocycles. The third-order valence-corrected chi connectivity index (χ3v) is 3.99. The zero-order valence-electron chi connectivity index (χ0n) is 12.3. The number of rotatable bonds is 2. The number of fused-ring (bicyclic) bond motifs is 3. The molecule has 0 unspecified atom stereocenters. The van der Waals surface area contributed by atoms with Crippen LogP contribution in [0.5, 0.6) is 0 Å². The molecule has 0 saturated carbocycles. The van der Waals surface area contributed by atoms with Gasteiger partial charge in [-0.25, -0.2) is 4.98 Å². The zero-order chi connectivity index (χ0) is 15.1. The predicted octanol–water partition coefficient (Wildman–Crippen LogP) is 3.72. The van der Waals surface area contributed by atoms with E-state index in [1.807, 2.05) is 36.8 Å². The molecule has 0 radical (unpaired) electrons. The van der Waals surface area contributed by atoms with Crippen molar-refractivity contribution < 1.29 is 0 Å². The molecule has 0 atom stereocenters. The standard InChI is InChI=1S/C18H16N4/c1-2-12-6-7-16-15(8-12)18-17(10-20-16)21-11-22(18)14-5-3-4-13(19)9-14/h3-11H,2,19H2,1H3. The average Bonchev–Trinajstić information content (AvgIpc) is 2.99. The summed E-state index contributed by atoms with van der Waals surface area (Å²) in [6, 6.07) is 14.2. The number of hydrogen-bond donors (Lipinski definition) is 1. The lowest BCUT2D eigenvalue weighted by Gasteiger charge is -2.08. The number of hydrogen-bond acceptors (Lipinski definition) is 3. The minimum Gasteiger partial charge on any atom is -0.399 e. The fourth-order valence-corrected chi connectivity index (χ4v) is 2.83. The minimum atomic E-state index is 0.743. The van der Waals surface area contributed by atoms with Crippen LogP contribution in [0, 0.1) is 0 Å². The van der Waals surface area contributed by atoms with Crippen LogP contribution in [0.2, 0.25) is 0 Å². The number of imidazole rings is 1. The summed E-state index contributed by atoms with van der Waals surface area (Å²) < 4.78 is 2.08. The van der Waals surface area contributed by atoms with Gasteiger partial charge < -0.3 is 5.73 Å². The lowest BCUT2D eigenvalue weighted by molar-refractivity contribution is 1.10. The molecule has 0 spiro atoms. The summed E-state index contributed by atoms with van der Waals surface area (Å²) in [7, 11) is 0. The first-order valence-electron chi connectivity index (χ1n) is 7.37. The molecule has 22 heavy (non-hydrogen) atoms. The molecule has 108 valence electrons. The van der Waals surface area contributed by atoms with Gasteiger partial charge in [0.2, 0.25) is 0 Å². The van der Waals surface area contributed by atoms with Crippen LogP contribution < -0.4 is 5.73 Å². The van der Waals surface area contributed by atoms with Gasteiger partial charge in [0.25, 0.3) is 0 Å². The number of aromatic nitrogens is 3. The molecule has 0 aliphatic rings. The molecular formula is C18H16N4. The van der Waals surface area contributed by atoms with Crippen molar-refractivity contribution in [1.82, 2.24) is 14.5 Å². The molecule has 2 aromatic heterocycles. The van der Waals surface area contributed by atoms with E-state index >= 15 is 0 Å². The van der Waals surface area contributed by atoms with Gasteiger partial charge >= 0.3 is 0 Å². The highest BCUT2D eigenvalue weighted by Crippen LogP contribution is 2.27. The Balaban J connectivity index is 2.09. The maximum absolute atomic E-state index is 5.92. The summed E-state index contributed by atoms with van der Waals surface area (Å²) in [6.07, 6.45) is 4.66. The van der Waals surface area contributed by atoms with Gasteiger partial charge in [-0.1, -0.05) is 19.1 Å². The van der Waals surface area contributed by atoms with E-state index in [4.69, 9.17) is 5.73 Å². The number of anilines is 1. The van der Waals surface area contributed by atoms with Gasteiger partial charge in [0.05, 0.1) is 17.2 Å². The van der Waals surface area contributed by atoms with Crippen molar-refractivity contribution in [2.45, 2.75) is 13.3 Å². The Hall–Kier alpha value is -2.88. The number of nitrogens with two attached hydrogens (primary N) is 1. The van der Waals surface area contributed by atoms with Crippen LogP contribution in [0.3, 0.4) is 0 Å². The average molecular weight is 288 g/mol. The van der Waals surface area contributed by atoms with Crippen LogP contribution in [-0.2, 0) is 6.42 Å². The van der Waals surface area contributed by atoms with Crippen molar-refractivity contribution in [3.63, 3.8) is 0 Å². The van der Waals surface area contributed by atoms with Gasteiger partial charge in [-0.2, -0.15) is 0 Å². The highest BCUT2D eigenvalue weighted by Gasteiger charge is 2.10. The molecule has 4 aromatic rings. The molecule has 0 amide bonds. The second-order valence-corrected chi connectivity index (χ2v) is 5.41. The first-order chi connectivity index (χ1) is 10.8. The van der Waals surface area contributed by atoms with E-state index in [1.165, 1.54) is 5.56 Å². The first kappa shape index (κ1) is 12.8. The largest absolute Gasteiger partial charge is 0.399 e. The van der Waals surface area contributed by atoms with Crippen molar-refractivity contribution in [2.24, 2.45) is 0 Å². The topological polar surface area (TPSA) is 56.7 Å². The quantitative estimate of drug-likeness (QED) is 0.572. The summed E-state index contributed by atoms with van der Waals surface area (Å²) in [4.78, 5) is 9.00. The fraction of sp³-hybridized carbons (Fsp3) is 0.111. The summed E-state index contributed by atoms with van der Waals surface area (Å²) in [6.45, 7) is 2.16. The highest BCUT2D eigenvalue weighted by atomic mass is 15.1. The zero-order valence-corrected chi connectivity index (χ0v) is 12.3. The second kappa shape index (κ2) is 4.84. The maximum Gasteiger partial charge on any atom is 0.108 e. The number of nitrogen functional groups attached to an aromatic ring is 1. The number of nitrogens with zero attached hydrogens (tertiary/aromatic N) is 3. The van der Waals surface area contributed by atoms with E-state index in [0.29, 0.717) is 0 Å². The Morgan fingerprint density at radius 1 is 1.05 bits per heavy atom. The van der Waals surface area contributed by atoms with E-state index in [0.717, 1.165) is 39.7 Å². The molecule has 4 nitrogen and oxygen atoms in total. The Bertz CT molecular complexity index is 985. The summed E-state index contributed by atoms with van der Waals surface area (Å²) in [5, 5.41) is 1.12. The van der Waals surface area contributed by atoms with Crippen molar-refractivity contribution >= 4 is 27.6 Å². The third-order valence-electron chi connectivity index (χ3n) is 3.99. The van der Waals surface area contributed by atoms with Crippen LogP contribution >= 0.6 is 0 Å². The molecule has 4 rings (SSSR count). The monoisotopic (exact) mass is 288 g/mol. The number of aryl methyl sites for hydroxylation is 1. The summed E-state index contributed by atoms with van der Waals surface area (Å²) in [5.41, 5.74) is 11.9. The fourth-order valence-electron chi connectivity index (χ4n) is 2.83. The van der Waals surface area contributed by atoms with Gasteiger partial charge in [-0.3, -0.25) is 9.55 Å². The van der Waals surface area contributed by atoms with Crippen molar-refractivity contribution in [3.8, 4) is 5.69 Å². The van der Waals surface area contributed by atoms with Gasteiger partial charge in [0.15, 0.2) is 0 Å². The van der Waals surface area contributed by atoms with E-state index in [-0.39, 0.29) is 0 Å². The van der Waals surface area contributed by atoms with Crippen LogP contribution in [-0.4, -0.2) is 14.5 Å². The third kappa shape index (κ3) is 1.92. The lowest BCUT2D eigenvalue weighted by atomic mass is 10.1. The Morgan fingerprint density at radius 3 is 2.77 bits per heavy atom. The molecule has 2 aromatic carbocycles.